The molecule has 76 valence electrons. The van der Waals surface area contributed by atoms with Crippen molar-refractivity contribution in [2.45, 2.75) is 16.8 Å². The normalized spacial score (nSPS) is 26.4. The molecule has 0 saturated heterocycles. The molecule has 0 saturated carbocycles. The van der Waals surface area contributed by atoms with Gasteiger partial charge in [-0.1, -0.05) is 34.7 Å². The van der Waals surface area contributed by atoms with Gasteiger partial charge < -0.3 is 10.2 Å². The monoisotopic (exact) mass is 308 g/mol. The van der Waals surface area contributed by atoms with Crippen LogP contribution < -0.4 is 0 Å². The zero-order valence-corrected chi connectivity index (χ0v) is 9.61. The van der Waals surface area contributed by atoms with E-state index in [0.717, 1.165) is 0 Å². The van der Waals surface area contributed by atoms with Crippen LogP contribution in [0.2, 0.25) is 0 Å². The Kier molecular flexibility index (Phi) is 2.98. The van der Waals surface area contributed by atoms with Crippen LogP contribution in [0.4, 0.5) is 0 Å². The van der Waals surface area contributed by atoms with Crippen LogP contribution in [0.15, 0.2) is 23.3 Å². The highest BCUT2D eigenvalue weighted by Gasteiger charge is 2.37. The number of hydrogen-bond donors (Lipinski definition) is 2. The first-order valence-corrected chi connectivity index (χ1v) is 4.99. The minimum atomic E-state index is -1.12. The minimum absolute atomic E-state index is 0.0283. The lowest BCUT2D eigenvalue weighted by atomic mass is 9.90. The summed E-state index contributed by atoms with van der Waals surface area (Å²) in [4.78, 5) is 21.7. The Morgan fingerprint density at radius 2 is 2.07 bits per heavy atom. The Hall–Kier alpha value is -0.850. The van der Waals surface area contributed by atoms with Crippen LogP contribution in [0.1, 0.15) is 13.3 Å². The molecule has 0 aromatic heterocycles. The summed E-state index contributed by atoms with van der Waals surface area (Å²) in [6, 6.07) is 0. The van der Waals surface area contributed by atoms with Gasteiger partial charge in [-0.2, -0.15) is 0 Å². The zero-order valence-electron chi connectivity index (χ0n) is 7.45. The molecule has 14 heavy (non-hydrogen) atoms. The number of carboxylic acid groups (broad SMARTS) is 2. The largest absolute Gasteiger partial charge is 0.480 e. The molecule has 0 radical (unpaired) electrons. The third-order valence-electron chi connectivity index (χ3n) is 2.12. The molecule has 1 rings (SSSR count). The Bertz CT molecular complexity index is 356. The number of carboxylic acids is 2. The summed E-state index contributed by atoms with van der Waals surface area (Å²) in [6.07, 6.45) is 3.10. The molecule has 0 aromatic carbocycles. The van der Waals surface area contributed by atoms with E-state index in [1.807, 2.05) is 0 Å². The highest BCUT2D eigenvalue weighted by molar-refractivity contribution is 14.1. The maximum absolute atomic E-state index is 10.9. The quantitative estimate of drug-likeness (QED) is 0.600. The van der Waals surface area contributed by atoms with E-state index in [9.17, 15) is 9.59 Å². The number of alkyl halides is 1. The molecule has 4 nitrogen and oxygen atoms in total. The van der Waals surface area contributed by atoms with Crippen LogP contribution >= 0.6 is 22.6 Å². The van der Waals surface area contributed by atoms with Gasteiger partial charge in [-0.15, -0.1) is 0 Å². The molecule has 0 spiro atoms. The summed E-state index contributed by atoms with van der Waals surface area (Å²) >= 11 is 1.75. The first-order valence-electron chi connectivity index (χ1n) is 3.91. The predicted octanol–water partition coefficient (Wildman–Crippen LogP) is 1.61. The molecule has 1 aliphatic rings. The number of rotatable bonds is 2. The Balaban J connectivity index is 3.07. The highest BCUT2D eigenvalue weighted by atomic mass is 127. The molecule has 0 fully saturated rings. The molecule has 1 atom stereocenters. The fraction of sp³-hybridized carbons (Fsp3) is 0.333. The maximum atomic E-state index is 10.9. The van der Waals surface area contributed by atoms with E-state index in [1.165, 1.54) is 6.08 Å². The standard InChI is InChI=1S/C9H9IO4/c1-5-2-3-9(10,8(13)14)4-6(5)7(11)12/h2-3H,4H2,1H3,(H,11,12)(H,13,14). The molecule has 1 unspecified atom stereocenters. The van der Waals surface area contributed by atoms with Gasteiger partial charge in [-0.3, -0.25) is 4.79 Å². The van der Waals surface area contributed by atoms with Gasteiger partial charge in [-0.25, -0.2) is 4.79 Å². The Morgan fingerprint density at radius 1 is 1.50 bits per heavy atom. The molecule has 0 aromatic rings. The SMILES string of the molecule is CC1=C(C(=O)O)CC(I)(C(=O)O)C=C1. The van der Waals surface area contributed by atoms with Crippen LogP contribution in [-0.2, 0) is 9.59 Å². The summed E-state index contributed by atoms with van der Waals surface area (Å²) in [5, 5.41) is 17.7. The van der Waals surface area contributed by atoms with Crippen molar-refractivity contribution in [2.24, 2.45) is 0 Å². The summed E-state index contributed by atoms with van der Waals surface area (Å²) in [5.41, 5.74) is 0.787. The molecular weight excluding hydrogens is 299 g/mol. The molecule has 5 heteroatoms. The highest BCUT2D eigenvalue weighted by Crippen LogP contribution is 2.34. The minimum Gasteiger partial charge on any atom is -0.480 e. The molecule has 1 aliphatic carbocycles. The van der Waals surface area contributed by atoms with Gasteiger partial charge in [0, 0.05) is 12.0 Å². The van der Waals surface area contributed by atoms with Crippen LogP contribution in [0.3, 0.4) is 0 Å². The van der Waals surface area contributed by atoms with Crippen LogP contribution in [0, 0.1) is 0 Å². The van der Waals surface area contributed by atoms with Crippen LogP contribution in [0.25, 0.3) is 0 Å². The van der Waals surface area contributed by atoms with Crippen molar-refractivity contribution in [3.63, 3.8) is 0 Å². The molecular formula is C9H9IO4. The van der Waals surface area contributed by atoms with E-state index in [-0.39, 0.29) is 12.0 Å². The van der Waals surface area contributed by atoms with Gasteiger partial charge >= 0.3 is 11.9 Å². The van der Waals surface area contributed by atoms with Crippen LogP contribution in [0.5, 0.6) is 0 Å². The van der Waals surface area contributed by atoms with E-state index in [1.54, 1.807) is 35.6 Å². The second kappa shape index (κ2) is 3.72. The van der Waals surface area contributed by atoms with Crippen molar-refractivity contribution in [3.05, 3.63) is 23.3 Å². The molecule has 0 amide bonds. The van der Waals surface area contributed by atoms with E-state index in [4.69, 9.17) is 10.2 Å². The fourth-order valence-corrected chi connectivity index (χ4v) is 1.77. The first kappa shape index (κ1) is 11.2. The Morgan fingerprint density at radius 3 is 2.50 bits per heavy atom. The summed E-state index contributed by atoms with van der Waals surface area (Å²) < 4.78 is -1.12. The summed E-state index contributed by atoms with van der Waals surface area (Å²) in [7, 11) is 0. The molecule has 0 aliphatic heterocycles. The number of aliphatic carboxylic acids is 2. The van der Waals surface area contributed by atoms with Crippen molar-refractivity contribution < 1.29 is 19.8 Å². The third kappa shape index (κ3) is 1.97. The Labute approximate surface area is 94.4 Å². The van der Waals surface area contributed by atoms with Crippen molar-refractivity contribution in [3.8, 4) is 0 Å². The third-order valence-corrected chi connectivity index (χ3v) is 3.32. The number of carbonyl (C=O) groups is 2. The van der Waals surface area contributed by atoms with Crippen molar-refractivity contribution >= 4 is 34.5 Å². The smallest absolute Gasteiger partial charge is 0.331 e. The summed E-state index contributed by atoms with van der Waals surface area (Å²) in [6.45, 7) is 1.66. The summed E-state index contributed by atoms with van der Waals surface area (Å²) in [5.74, 6) is -2.06. The lowest BCUT2D eigenvalue weighted by Crippen LogP contribution is -2.33. The zero-order chi connectivity index (χ0) is 10.9. The van der Waals surface area contributed by atoms with E-state index < -0.39 is 15.4 Å². The fourth-order valence-electron chi connectivity index (χ4n) is 1.20. The van der Waals surface area contributed by atoms with Gasteiger partial charge in [0.2, 0.25) is 0 Å². The predicted molar refractivity (Wildman–Crippen MR) is 58.5 cm³/mol. The number of allylic oxidation sites excluding steroid dienone is 2. The van der Waals surface area contributed by atoms with Gasteiger partial charge in [0.05, 0.1) is 0 Å². The van der Waals surface area contributed by atoms with Crippen LogP contribution in [-0.4, -0.2) is 25.6 Å². The average Bonchev–Trinajstić information content (AvgIpc) is 2.09. The van der Waals surface area contributed by atoms with E-state index in [0.29, 0.717) is 5.57 Å². The van der Waals surface area contributed by atoms with Crippen molar-refractivity contribution in [1.29, 1.82) is 0 Å². The average molecular weight is 308 g/mol. The molecule has 0 heterocycles. The van der Waals surface area contributed by atoms with Gasteiger partial charge in [0.25, 0.3) is 0 Å². The van der Waals surface area contributed by atoms with E-state index in [2.05, 4.69) is 0 Å². The number of hydrogen-bond acceptors (Lipinski definition) is 2. The topological polar surface area (TPSA) is 74.6 Å². The molecule has 0 bridgehead atoms. The van der Waals surface area contributed by atoms with Gasteiger partial charge in [-0.05, 0) is 12.5 Å². The van der Waals surface area contributed by atoms with E-state index >= 15 is 0 Å². The van der Waals surface area contributed by atoms with Crippen molar-refractivity contribution in [2.75, 3.05) is 0 Å². The lowest BCUT2D eigenvalue weighted by Gasteiger charge is -2.23. The maximum Gasteiger partial charge on any atom is 0.331 e. The van der Waals surface area contributed by atoms with Crippen molar-refractivity contribution in [1.82, 2.24) is 0 Å². The van der Waals surface area contributed by atoms with Gasteiger partial charge in [0.15, 0.2) is 0 Å². The first-order chi connectivity index (χ1) is 6.37. The second-order valence-electron chi connectivity index (χ2n) is 3.14. The number of halogens is 1. The van der Waals surface area contributed by atoms with Gasteiger partial charge in [0.1, 0.15) is 3.42 Å². The lowest BCUT2D eigenvalue weighted by molar-refractivity contribution is -0.138. The molecule has 2 N–H and O–H groups in total. The second-order valence-corrected chi connectivity index (χ2v) is 5.07.